The van der Waals surface area contributed by atoms with Gasteiger partial charge in [0.05, 0.1) is 0 Å². The summed E-state index contributed by atoms with van der Waals surface area (Å²) in [5.74, 6) is 2.90. The van der Waals surface area contributed by atoms with Crippen molar-refractivity contribution < 1.29 is 0 Å². The van der Waals surface area contributed by atoms with Crippen LogP contribution in [-0.2, 0) is 0 Å². The zero-order valence-electron chi connectivity index (χ0n) is 14.2. The van der Waals surface area contributed by atoms with E-state index in [0.29, 0.717) is 6.04 Å². The molecule has 0 bridgehead atoms. The minimum Gasteiger partial charge on any atom is -0.311 e. The van der Waals surface area contributed by atoms with Gasteiger partial charge in [-0.05, 0) is 43.9 Å². The van der Waals surface area contributed by atoms with Crippen molar-refractivity contribution in [1.29, 1.82) is 0 Å². The first-order valence-electron chi connectivity index (χ1n) is 9.46. The van der Waals surface area contributed by atoms with Gasteiger partial charge < -0.3 is 5.32 Å². The Kier molecular flexibility index (Phi) is 6.87. The van der Waals surface area contributed by atoms with Crippen LogP contribution in [-0.4, -0.2) is 12.1 Å². The van der Waals surface area contributed by atoms with Crippen molar-refractivity contribution in [2.45, 2.75) is 103 Å². The molecule has 2 saturated carbocycles. The largest absolute Gasteiger partial charge is 0.311 e. The molecule has 0 amide bonds. The SMILES string of the molecule is CCC(C)CC(C)NC1CCCCC1C1CCCCC1. The lowest BCUT2D eigenvalue weighted by Gasteiger charge is -2.41. The molecule has 0 heterocycles. The summed E-state index contributed by atoms with van der Waals surface area (Å²) < 4.78 is 0. The van der Waals surface area contributed by atoms with E-state index >= 15 is 0 Å². The molecular formula is C19H37N. The summed E-state index contributed by atoms with van der Waals surface area (Å²) in [6.07, 6.45) is 16.1. The van der Waals surface area contributed by atoms with Crippen molar-refractivity contribution in [3.05, 3.63) is 0 Å². The molecule has 2 aliphatic carbocycles. The van der Waals surface area contributed by atoms with Gasteiger partial charge >= 0.3 is 0 Å². The molecule has 0 aromatic carbocycles. The molecule has 4 atom stereocenters. The van der Waals surface area contributed by atoms with Crippen LogP contribution in [0.1, 0.15) is 91.4 Å². The van der Waals surface area contributed by atoms with E-state index < -0.39 is 0 Å². The van der Waals surface area contributed by atoms with Crippen molar-refractivity contribution in [1.82, 2.24) is 5.32 Å². The molecule has 1 heteroatoms. The highest BCUT2D eigenvalue weighted by atomic mass is 15.0. The zero-order chi connectivity index (χ0) is 14.4. The van der Waals surface area contributed by atoms with Gasteiger partial charge in [0.25, 0.3) is 0 Å². The first-order chi connectivity index (χ1) is 9.70. The van der Waals surface area contributed by atoms with Crippen molar-refractivity contribution in [2.24, 2.45) is 17.8 Å². The maximum Gasteiger partial charge on any atom is 0.0100 e. The first kappa shape index (κ1) is 16.3. The molecule has 1 nitrogen and oxygen atoms in total. The predicted octanol–water partition coefficient (Wildman–Crippen LogP) is 5.54. The minimum atomic E-state index is 0.708. The van der Waals surface area contributed by atoms with Crippen LogP contribution < -0.4 is 5.32 Å². The van der Waals surface area contributed by atoms with E-state index in [1.165, 1.54) is 70.6 Å². The summed E-state index contributed by atoms with van der Waals surface area (Å²) in [4.78, 5) is 0. The topological polar surface area (TPSA) is 12.0 Å². The lowest BCUT2D eigenvalue weighted by molar-refractivity contribution is 0.140. The predicted molar refractivity (Wildman–Crippen MR) is 89.0 cm³/mol. The molecule has 0 spiro atoms. The summed E-state index contributed by atoms with van der Waals surface area (Å²) in [5.41, 5.74) is 0. The van der Waals surface area contributed by atoms with Gasteiger partial charge in [0, 0.05) is 12.1 Å². The smallest absolute Gasteiger partial charge is 0.0100 e. The average Bonchev–Trinajstić information content (AvgIpc) is 2.48. The van der Waals surface area contributed by atoms with Crippen LogP contribution >= 0.6 is 0 Å². The zero-order valence-corrected chi connectivity index (χ0v) is 14.2. The molecule has 2 rings (SSSR count). The van der Waals surface area contributed by atoms with Gasteiger partial charge in [-0.25, -0.2) is 0 Å². The fourth-order valence-corrected chi connectivity index (χ4v) is 4.70. The summed E-state index contributed by atoms with van der Waals surface area (Å²) in [5, 5.41) is 4.03. The van der Waals surface area contributed by atoms with Crippen LogP contribution in [0, 0.1) is 17.8 Å². The quantitative estimate of drug-likeness (QED) is 0.673. The van der Waals surface area contributed by atoms with Crippen LogP contribution in [0.5, 0.6) is 0 Å². The lowest BCUT2D eigenvalue weighted by atomic mass is 9.70. The van der Waals surface area contributed by atoms with Crippen LogP contribution in [0.25, 0.3) is 0 Å². The highest BCUT2D eigenvalue weighted by Crippen LogP contribution is 2.38. The Morgan fingerprint density at radius 2 is 1.55 bits per heavy atom. The third-order valence-corrected chi connectivity index (χ3v) is 6.03. The highest BCUT2D eigenvalue weighted by molar-refractivity contribution is 4.88. The molecule has 1 N–H and O–H groups in total. The molecule has 2 aliphatic rings. The molecule has 118 valence electrons. The molecule has 4 unspecified atom stereocenters. The summed E-state index contributed by atoms with van der Waals surface area (Å²) in [6.45, 7) is 7.14. The van der Waals surface area contributed by atoms with Crippen LogP contribution in [0.2, 0.25) is 0 Å². The molecule has 0 aliphatic heterocycles. The van der Waals surface area contributed by atoms with Gasteiger partial charge in [0.15, 0.2) is 0 Å². The molecule has 2 fully saturated rings. The second-order valence-corrected chi connectivity index (χ2v) is 7.77. The van der Waals surface area contributed by atoms with Gasteiger partial charge in [-0.1, -0.05) is 65.2 Å². The van der Waals surface area contributed by atoms with Gasteiger partial charge in [-0.2, -0.15) is 0 Å². The van der Waals surface area contributed by atoms with Crippen LogP contribution in [0.3, 0.4) is 0 Å². The Bertz CT molecular complexity index is 256. The molecular weight excluding hydrogens is 242 g/mol. The minimum absolute atomic E-state index is 0.708. The maximum absolute atomic E-state index is 4.03. The van der Waals surface area contributed by atoms with E-state index in [1.807, 2.05) is 0 Å². The van der Waals surface area contributed by atoms with E-state index in [2.05, 4.69) is 26.1 Å². The number of hydrogen-bond acceptors (Lipinski definition) is 1. The highest BCUT2D eigenvalue weighted by Gasteiger charge is 2.32. The normalized spacial score (nSPS) is 31.9. The van der Waals surface area contributed by atoms with E-state index in [0.717, 1.165) is 23.8 Å². The number of rotatable bonds is 6. The monoisotopic (exact) mass is 279 g/mol. The fraction of sp³-hybridized carbons (Fsp3) is 1.00. The van der Waals surface area contributed by atoms with Gasteiger partial charge in [-0.3, -0.25) is 0 Å². The summed E-state index contributed by atoms with van der Waals surface area (Å²) >= 11 is 0. The summed E-state index contributed by atoms with van der Waals surface area (Å²) in [7, 11) is 0. The van der Waals surface area contributed by atoms with Crippen molar-refractivity contribution in [3.8, 4) is 0 Å². The maximum atomic E-state index is 4.03. The Morgan fingerprint density at radius 3 is 2.25 bits per heavy atom. The average molecular weight is 280 g/mol. The molecule has 20 heavy (non-hydrogen) atoms. The fourth-order valence-electron chi connectivity index (χ4n) is 4.70. The Balaban J connectivity index is 1.85. The third kappa shape index (κ3) is 4.76. The van der Waals surface area contributed by atoms with Crippen LogP contribution in [0.4, 0.5) is 0 Å². The number of hydrogen-bond donors (Lipinski definition) is 1. The Morgan fingerprint density at radius 1 is 0.900 bits per heavy atom. The van der Waals surface area contributed by atoms with Gasteiger partial charge in [-0.15, -0.1) is 0 Å². The molecule has 0 aromatic rings. The van der Waals surface area contributed by atoms with Crippen molar-refractivity contribution in [2.75, 3.05) is 0 Å². The van der Waals surface area contributed by atoms with Crippen LogP contribution in [0.15, 0.2) is 0 Å². The third-order valence-electron chi connectivity index (χ3n) is 6.03. The van der Waals surface area contributed by atoms with Crippen molar-refractivity contribution in [3.63, 3.8) is 0 Å². The second-order valence-electron chi connectivity index (χ2n) is 7.77. The lowest BCUT2D eigenvalue weighted by Crippen LogP contribution is -2.46. The molecule has 0 saturated heterocycles. The Labute approximate surface area is 127 Å². The van der Waals surface area contributed by atoms with E-state index in [9.17, 15) is 0 Å². The van der Waals surface area contributed by atoms with E-state index in [1.54, 1.807) is 0 Å². The molecule has 0 aromatic heterocycles. The van der Waals surface area contributed by atoms with Gasteiger partial charge in [0.2, 0.25) is 0 Å². The number of nitrogens with one attached hydrogen (secondary N) is 1. The Hall–Kier alpha value is -0.0400. The summed E-state index contributed by atoms with van der Waals surface area (Å²) in [6, 6.07) is 1.53. The van der Waals surface area contributed by atoms with Gasteiger partial charge in [0.1, 0.15) is 0 Å². The standard InChI is InChI=1S/C19H37N/c1-4-15(2)14-16(3)20-19-13-9-8-12-18(19)17-10-6-5-7-11-17/h15-20H,4-14H2,1-3H3. The van der Waals surface area contributed by atoms with E-state index in [4.69, 9.17) is 0 Å². The van der Waals surface area contributed by atoms with E-state index in [-0.39, 0.29) is 0 Å². The second kappa shape index (κ2) is 8.41. The van der Waals surface area contributed by atoms with Crippen molar-refractivity contribution >= 4 is 0 Å². The first-order valence-corrected chi connectivity index (χ1v) is 9.46. The molecule has 0 radical (unpaired) electrons.